The second-order valence-electron chi connectivity index (χ2n) is 3.16. The fourth-order valence-electron chi connectivity index (χ4n) is 1.29. The van der Waals surface area contributed by atoms with E-state index < -0.39 is 11.9 Å². The van der Waals surface area contributed by atoms with Crippen molar-refractivity contribution in [2.75, 3.05) is 5.88 Å². The van der Waals surface area contributed by atoms with E-state index >= 15 is 0 Å². The molecule has 0 amide bonds. The molecule has 0 saturated carbocycles. The molecule has 0 radical (unpaired) electrons. The van der Waals surface area contributed by atoms with Gasteiger partial charge in [0.1, 0.15) is 12.4 Å². The van der Waals surface area contributed by atoms with Crippen LogP contribution in [-0.2, 0) is 12.8 Å². The first-order chi connectivity index (χ1) is 7.47. The average molecular weight is 270 g/mol. The van der Waals surface area contributed by atoms with Crippen molar-refractivity contribution in [1.29, 1.82) is 0 Å². The molecule has 1 aromatic rings. The van der Waals surface area contributed by atoms with Gasteiger partial charge < -0.3 is 4.90 Å². The normalized spacial score (nSPS) is 16.1. The van der Waals surface area contributed by atoms with Crippen molar-refractivity contribution in [3.63, 3.8) is 0 Å². The first kappa shape index (κ1) is 11.7. The van der Waals surface area contributed by atoms with Crippen molar-refractivity contribution in [2.24, 2.45) is 0 Å². The van der Waals surface area contributed by atoms with E-state index in [-0.39, 0.29) is 11.8 Å². The molecule has 0 aromatic carbocycles. The molecule has 0 unspecified atom stereocenters. The van der Waals surface area contributed by atoms with Gasteiger partial charge in [-0.25, -0.2) is 4.68 Å². The average Bonchev–Trinajstić information content (AvgIpc) is 2.74. The van der Waals surface area contributed by atoms with E-state index in [2.05, 4.69) is 5.10 Å². The summed E-state index contributed by atoms with van der Waals surface area (Å²) in [6.45, 7) is 0.0467. The number of hydrogen-bond donors (Lipinski definition) is 0. The van der Waals surface area contributed by atoms with Crippen molar-refractivity contribution in [3.05, 3.63) is 28.5 Å². The quantitative estimate of drug-likeness (QED) is 0.824. The lowest BCUT2D eigenvalue weighted by Gasteiger charge is -2.17. The number of rotatable bonds is 2. The molecule has 8 heteroatoms. The maximum atomic E-state index is 12.6. The minimum absolute atomic E-state index is 0.0467. The van der Waals surface area contributed by atoms with Crippen LogP contribution in [0.5, 0.6) is 0 Å². The van der Waals surface area contributed by atoms with E-state index in [4.69, 9.17) is 11.6 Å². The van der Waals surface area contributed by atoms with Crippen molar-refractivity contribution >= 4 is 23.4 Å². The van der Waals surface area contributed by atoms with Gasteiger partial charge in [0.15, 0.2) is 5.15 Å². The minimum atomic E-state index is -4.43. The van der Waals surface area contributed by atoms with E-state index in [1.165, 1.54) is 11.8 Å². The van der Waals surface area contributed by atoms with E-state index in [1.807, 2.05) is 5.41 Å². The molecule has 0 spiro atoms. The van der Waals surface area contributed by atoms with Gasteiger partial charge in [-0.05, 0) is 5.41 Å². The van der Waals surface area contributed by atoms with Crippen LogP contribution in [0.25, 0.3) is 0 Å². The molecule has 3 nitrogen and oxygen atoms in total. The molecule has 16 heavy (non-hydrogen) atoms. The maximum absolute atomic E-state index is 12.6. The first-order valence-electron chi connectivity index (χ1n) is 4.30. The molecule has 0 bridgehead atoms. The summed E-state index contributed by atoms with van der Waals surface area (Å²) in [6, 6.07) is 0.828. The zero-order chi connectivity index (χ0) is 11.8. The Bertz CT molecular complexity index is 415. The van der Waals surface area contributed by atoms with Crippen LogP contribution in [-0.4, -0.2) is 20.6 Å². The molecule has 2 heterocycles. The van der Waals surface area contributed by atoms with Crippen molar-refractivity contribution in [1.82, 2.24) is 14.7 Å². The van der Waals surface area contributed by atoms with Crippen LogP contribution in [0, 0.1) is 0 Å². The second kappa shape index (κ2) is 4.21. The number of hydrogen-bond acceptors (Lipinski definition) is 3. The van der Waals surface area contributed by atoms with E-state index in [0.717, 1.165) is 10.7 Å². The Morgan fingerprint density at radius 3 is 2.81 bits per heavy atom. The highest BCUT2D eigenvalue weighted by molar-refractivity contribution is 8.02. The highest BCUT2D eigenvalue weighted by Crippen LogP contribution is 2.31. The summed E-state index contributed by atoms with van der Waals surface area (Å²) in [4.78, 5) is 1.71. The summed E-state index contributed by atoms with van der Waals surface area (Å²) < 4.78 is 38.6. The fraction of sp³-hybridized carbons (Fsp3) is 0.375. The largest absolute Gasteiger partial charge is 0.433 e. The van der Waals surface area contributed by atoms with Gasteiger partial charge in [0.05, 0.1) is 5.88 Å². The van der Waals surface area contributed by atoms with Crippen LogP contribution in [0.1, 0.15) is 5.69 Å². The fourth-order valence-corrected chi connectivity index (χ4v) is 2.19. The van der Waals surface area contributed by atoms with Crippen LogP contribution >= 0.6 is 23.4 Å². The predicted molar refractivity (Wildman–Crippen MR) is 55.7 cm³/mol. The Balaban J connectivity index is 2.22. The predicted octanol–water partition coefficient (Wildman–Crippen LogP) is 2.99. The Kier molecular flexibility index (Phi) is 3.07. The van der Waals surface area contributed by atoms with Gasteiger partial charge in [-0.15, -0.1) is 11.8 Å². The Morgan fingerprint density at radius 2 is 2.25 bits per heavy atom. The molecule has 1 aliphatic heterocycles. The highest BCUT2D eigenvalue weighted by atomic mass is 35.5. The molecule has 0 fully saturated rings. The van der Waals surface area contributed by atoms with Gasteiger partial charge in [-0.1, -0.05) is 11.6 Å². The zero-order valence-corrected chi connectivity index (χ0v) is 9.48. The number of aromatic nitrogens is 2. The molecular weight excluding hydrogens is 263 g/mol. The summed E-state index contributed by atoms with van der Waals surface area (Å²) >= 11 is 6.99. The first-order valence-corrected chi connectivity index (χ1v) is 5.72. The van der Waals surface area contributed by atoms with Crippen molar-refractivity contribution in [3.8, 4) is 0 Å². The van der Waals surface area contributed by atoms with Gasteiger partial charge in [-0.3, -0.25) is 0 Å². The molecule has 2 rings (SSSR count). The minimum Gasteiger partial charge on any atom is -0.348 e. The van der Waals surface area contributed by atoms with Gasteiger partial charge in [-0.2, -0.15) is 18.3 Å². The third kappa shape index (κ3) is 2.46. The van der Waals surface area contributed by atoms with E-state index in [9.17, 15) is 13.2 Å². The lowest BCUT2D eigenvalue weighted by atomic mass is 10.4. The monoisotopic (exact) mass is 269 g/mol. The molecule has 0 saturated heterocycles. The highest BCUT2D eigenvalue weighted by Gasteiger charge is 2.36. The van der Waals surface area contributed by atoms with Gasteiger partial charge >= 0.3 is 6.18 Å². The lowest BCUT2D eigenvalue weighted by molar-refractivity contribution is -0.144. The summed E-state index contributed by atoms with van der Waals surface area (Å²) in [6.07, 6.45) is -2.71. The zero-order valence-electron chi connectivity index (χ0n) is 7.91. The maximum Gasteiger partial charge on any atom is 0.433 e. The van der Waals surface area contributed by atoms with Crippen molar-refractivity contribution < 1.29 is 13.2 Å². The summed E-state index contributed by atoms with van der Waals surface area (Å²) in [5.41, 5.74) is -0.831. The SMILES string of the molecule is FC(F)(F)c1cc(Cl)nn1CN1C=CSC1. The van der Waals surface area contributed by atoms with Gasteiger partial charge in [0.25, 0.3) is 0 Å². The van der Waals surface area contributed by atoms with E-state index in [0.29, 0.717) is 5.88 Å². The van der Waals surface area contributed by atoms with E-state index in [1.54, 1.807) is 11.1 Å². The van der Waals surface area contributed by atoms with Crippen molar-refractivity contribution in [2.45, 2.75) is 12.8 Å². The summed E-state index contributed by atoms with van der Waals surface area (Å²) in [7, 11) is 0. The molecule has 0 atom stereocenters. The van der Waals surface area contributed by atoms with Crippen LogP contribution in [0.15, 0.2) is 17.7 Å². The second-order valence-corrected chi connectivity index (χ2v) is 4.41. The third-order valence-electron chi connectivity index (χ3n) is 1.96. The van der Waals surface area contributed by atoms with Gasteiger partial charge in [0.2, 0.25) is 0 Å². The lowest BCUT2D eigenvalue weighted by Crippen LogP contribution is -2.23. The Morgan fingerprint density at radius 1 is 1.50 bits per heavy atom. The third-order valence-corrected chi connectivity index (χ3v) is 2.94. The molecule has 88 valence electrons. The summed E-state index contributed by atoms with van der Waals surface area (Å²) in [5.74, 6) is 0.620. The molecule has 0 N–H and O–H groups in total. The molecule has 0 aliphatic carbocycles. The number of halogens is 4. The smallest absolute Gasteiger partial charge is 0.348 e. The number of nitrogens with zero attached hydrogens (tertiary/aromatic N) is 3. The standard InChI is InChI=1S/C8H7ClF3N3S/c9-7-3-6(8(10,11)12)15(13-7)4-14-1-2-16-5-14/h1-3H,4-5H2. The van der Waals surface area contributed by atoms with Crippen LogP contribution < -0.4 is 0 Å². The molecular formula is C8H7ClF3N3S. The van der Waals surface area contributed by atoms with Gasteiger partial charge in [0, 0.05) is 12.3 Å². The molecule has 1 aromatic heterocycles. The Hall–Kier alpha value is -0.820. The summed E-state index contributed by atoms with van der Waals surface area (Å²) in [5, 5.41) is 5.29. The van der Waals surface area contributed by atoms with Crippen LogP contribution in [0.4, 0.5) is 13.2 Å². The number of thioether (sulfide) groups is 1. The Labute approximate surface area is 98.9 Å². The van der Waals surface area contributed by atoms with Crippen LogP contribution in [0.2, 0.25) is 5.15 Å². The molecule has 1 aliphatic rings. The topological polar surface area (TPSA) is 21.1 Å². The number of alkyl halides is 3. The van der Waals surface area contributed by atoms with Crippen LogP contribution in [0.3, 0.4) is 0 Å².